The van der Waals surface area contributed by atoms with Crippen LogP contribution in [0.25, 0.3) is 0 Å². The van der Waals surface area contributed by atoms with Gasteiger partial charge >= 0.3 is 23.9 Å². The van der Waals surface area contributed by atoms with Crippen LogP contribution in [0.3, 0.4) is 0 Å². The average molecular weight is 615 g/mol. The molecule has 5 aliphatic rings. The number of hydrogen-bond acceptors (Lipinski definition) is 9. The fraction of sp³-hybridized carbons (Fsp3) is 0.771. The van der Waals surface area contributed by atoms with E-state index in [0.717, 1.165) is 32.1 Å². The summed E-state index contributed by atoms with van der Waals surface area (Å²) in [6.45, 7) is 8.79. The second-order valence-corrected chi connectivity index (χ2v) is 14.1. The molecular weight excluding hydrogens is 564 g/mol. The van der Waals surface area contributed by atoms with E-state index in [4.69, 9.17) is 23.7 Å². The van der Waals surface area contributed by atoms with Gasteiger partial charge in [0.2, 0.25) is 0 Å². The van der Waals surface area contributed by atoms with E-state index in [-0.39, 0.29) is 66.9 Å². The Labute approximate surface area is 261 Å². The topological polar surface area (TPSA) is 118 Å². The van der Waals surface area contributed by atoms with Crippen molar-refractivity contribution in [3.63, 3.8) is 0 Å². The summed E-state index contributed by atoms with van der Waals surface area (Å²) >= 11 is 0. The van der Waals surface area contributed by atoms with Crippen LogP contribution in [0.2, 0.25) is 0 Å². The Kier molecular flexibility index (Phi) is 9.93. The van der Waals surface area contributed by atoms with Gasteiger partial charge in [0.15, 0.2) is 6.10 Å². The monoisotopic (exact) mass is 614 g/mol. The molecular formula is C35H50O9. The Bertz CT molecular complexity index is 1160. The average Bonchev–Trinajstić information content (AvgIpc) is 3.71. The van der Waals surface area contributed by atoms with Crippen LogP contribution in [0.1, 0.15) is 105 Å². The van der Waals surface area contributed by atoms with Crippen molar-refractivity contribution in [1.29, 1.82) is 0 Å². The lowest BCUT2D eigenvalue weighted by Crippen LogP contribution is -2.61. The Balaban J connectivity index is 1.35. The van der Waals surface area contributed by atoms with Gasteiger partial charge in [0.25, 0.3) is 0 Å². The minimum Gasteiger partial charge on any atom is -0.465 e. The molecule has 2 unspecified atom stereocenters. The van der Waals surface area contributed by atoms with Crippen LogP contribution >= 0.6 is 0 Å². The van der Waals surface area contributed by atoms with Crippen molar-refractivity contribution in [3.8, 4) is 0 Å². The molecule has 244 valence electrons. The summed E-state index contributed by atoms with van der Waals surface area (Å²) in [5, 5.41) is 0. The zero-order valence-electron chi connectivity index (χ0n) is 26.9. The van der Waals surface area contributed by atoms with Crippen LogP contribution in [-0.2, 0) is 42.9 Å². The lowest BCUT2D eigenvalue weighted by Gasteiger charge is -2.61. The molecule has 0 bridgehead atoms. The first kappa shape index (κ1) is 32.7. The molecule has 5 rings (SSSR count). The van der Waals surface area contributed by atoms with E-state index in [2.05, 4.69) is 13.8 Å². The molecule has 0 aromatic rings. The molecule has 0 aromatic heterocycles. The van der Waals surface area contributed by atoms with Crippen molar-refractivity contribution in [1.82, 2.24) is 0 Å². The number of carbonyl (C=O) groups excluding carboxylic acids is 4. The number of hydrogen-bond donors (Lipinski definition) is 0. The lowest BCUT2D eigenvalue weighted by atomic mass is 9.45. The van der Waals surface area contributed by atoms with E-state index >= 15 is 0 Å². The summed E-state index contributed by atoms with van der Waals surface area (Å²) in [7, 11) is 0. The Morgan fingerprint density at radius 2 is 1.68 bits per heavy atom. The summed E-state index contributed by atoms with van der Waals surface area (Å²) in [4.78, 5) is 50.2. The predicted octanol–water partition coefficient (Wildman–Crippen LogP) is 5.78. The standard InChI is InChI=1S/C35H50O9/c1-5-29(36)41-21-34(4)26-16-19-35(22-42-35)27(33(26,3)18-17-28(34)44-30(37)6-2)14-13-24-25(20-40-32(24)39)43-31(38)15-12-23-10-8-7-9-11-23/h12-13,15,23,25-28H,5-11,14,16-22H2,1-4H3/b15-12+,24-13+/t25-,26?,27?,28-,33+,34+,35+/m1/s1. The smallest absolute Gasteiger partial charge is 0.337 e. The summed E-state index contributed by atoms with van der Waals surface area (Å²) in [6.07, 6.45) is 14.3. The van der Waals surface area contributed by atoms with Gasteiger partial charge in [0.05, 0.1) is 17.8 Å². The van der Waals surface area contributed by atoms with Crippen molar-refractivity contribution in [2.45, 2.75) is 123 Å². The number of ether oxygens (including phenoxy) is 5. The number of fused-ring (bicyclic) bond motifs is 1. The van der Waals surface area contributed by atoms with Crippen LogP contribution in [-0.4, -0.2) is 61.5 Å². The Morgan fingerprint density at radius 1 is 0.955 bits per heavy atom. The van der Waals surface area contributed by atoms with Crippen LogP contribution in [0.5, 0.6) is 0 Å². The molecule has 0 radical (unpaired) electrons. The van der Waals surface area contributed by atoms with E-state index < -0.39 is 23.5 Å². The highest BCUT2D eigenvalue weighted by atomic mass is 16.6. The number of allylic oxidation sites excluding steroid dienone is 2. The molecule has 9 nitrogen and oxygen atoms in total. The van der Waals surface area contributed by atoms with Crippen molar-refractivity contribution in [2.75, 3.05) is 19.8 Å². The van der Waals surface area contributed by atoms with E-state index in [1.165, 1.54) is 25.3 Å². The van der Waals surface area contributed by atoms with Gasteiger partial charge in [-0.2, -0.15) is 0 Å². The number of rotatable bonds is 10. The first-order valence-electron chi connectivity index (χ1n) is 16.8. The fourth-order valence-corrected chi connectivity index (χ4v) is 8.79. The van der Waals surface area contributed by atoms with Crippen LogP contribution in [0, 0.1) is 28.6 Å². The fourth-order valence-electron chi connectivity index (χ4n) is 8.79. The van der Waals surface area contributed by atoms with Crippen LogP contribution in [0.15, 0.2) is 23.8 Å². The molecule has 3 saturated carbocycles. The van der Waals surface area contributed by atoms with E-state index in [0.29, 0.717) is 30.9 Å². The lowest BCUT2D eigenvalue weighted by molar-refractivity contribution is -0.203. The molecule has 0 N–H and O–H groups in total. The summed E-state index contributed by atoms with van der Waals surface area (Å²) in [6, 6.07) is 0. The highest BCUT2D eigenvalue weighted by Gasteiger charge is 2.67. The maximum Gasteiger partial charge on any atom is 0.337 e. The van der Waals surface area contributed by atoms with Crippen LogP contribution in [0.4, 0.5) is 0 Å². The Morgan fingerprint density at radius 3 is 2.36 bits per heavy atom. The van der Waals surface area contributed by atoms with Crippen molar-refractivity contribution in [2.24, 2.45) is 28.6 Å². The highest BCUT2D eigenvalue weighted by Crippen LogP contribution is 2.66. The third-order valence-corrected chi connectivity index (χ3v) is 11.4. The van der Waals surface area contributed by atoms with Gasteiger partial charge in [-0.05, 0) is 68.1 Å². The van der Waals surface area contributed by atoms with E-state index in [1.807, 2.05) is 12.2 Å². The number of esters is 4. The quantitative estimate of drug-likeness (QED) is 0.131. The third kappa shape index (κ3) is 6.63. The molecule has 2 aliphatic heterocycles. The van der Waals surface area contributed by atoms with Crippen molar-refractivity contribution in [3.05, 3.63) is 23.8 Å². The zero-order valence-corrected chi connectivity index (χ0v) is 26.9. The second kappa shape index (κ2) is 13.4. The molecule has 2 heterocycles. The molecule has 2 saturated heterocycles. The molecule has 5 fully saturated rings. The van der Waals surface area contributed by atoms with Gasteiger partial charge in [0, 0.05) is 24.3 Å². The summed E-state index contributed by atoms with van der Waals surface area (Å²) < 4.78 is 29.0. The molecule has 7 atom stereocenters. The minimum atomic E-state index is -0.739. The van der Waals surface area contributed by atoms with E-state index in [1.54, 1.807) is 13.8 Å². The first-order valence-corrected chi connectivity index (χ1v) is 16.8. The largest absolute Gasteiger partial charge is 0.465 e. The van der Waals surface area contributed by atoms with E-state index in [9.17, 15) is 19.2 Å². The van der Waals surface area contributed by atoms with Gasteiger partial charge in [-0.25, -0.2) is 9.59 Å². The normalized spacial score (nSPS) is 37.9. The number of cyclic esters (lactones) is 1. The second-order valence-electron chi connectivity index (χ2n) is 14.1. The van der Waals surface area contributed by atoms with Crippen molar-refractivity contribution < 1.29 is 42.9 Å². The SMILES string of the molecule is CCC(=O)OC[C@@]1(C)C2CC[C@]3(CO3)C(C/C=C3/C(=O)OC[C@H]3OC(=O)/C=C/C3CCCCC3)[C@@]2(C)CC[C@H]1OC(=O)CC. The molecule has 3 aliphatic carbocycles. The third-order valence-electron chi connectivity index (χ3n) is 11.4. The maximum atomic E-state index is 12.8. The van der Waals surface area contributed by atoms with Gasteiger partial charge in [-0.15, -0.1) is 0 Å². The van der Waals surface area contributed by atoms with Crippen LogP contribution < -0.4 is 0 Å². The summed E-state index contributed by atoms with van der Waals surface area (Å²) in [5.41, 5.74) is -0.699. The molecule has 9 heteroatoms. The first-order chi connectivity index (χ1) is 21.0. The zero-order chi connectivity index (χ0) is 31.5. The summed E-state index contributed by atoms with van der Waals surface area (Å²) in [5.74, 6) is -0.856. The van der Waals surface area contributed by atoms with Gasteiger partial charge in [0.1, 0.15) is 19.3 Å². The maximum absolute atomic E-state index is 12.8. The minimum absolute atomic E-state index is 0.0191. The molecule has 1 spiro atoms. The van der Waals surface area contributed by atoms with Gasteiger partial charge in [-0.1, -0.05) is 59.1 Å². The molecule has 0 aromatic carbocycles. The van der Waals surface area contributed by atoms with Gasteiger partial charge in [-0.3, -0.25) is 9.59 Å². The predicted molar refractivity (Wildman–Crippen MR) is 161 cm³/mol. The molecule has 44 heavy (non-hydrogen) atoms. The van der Waals surface area contributed by atoms with Gasteiger partial charge < -0.3 is 23.7 Å². The van der Waals surface area contributed by atoms with Crippen molar-refractivity contribution >= 4 is 23.9 Å². The number of carbonyl (C=O) groups is 4. The molecule has 0 amide bonds. The number of epoxide rings is 1. The highest BCUT2D eigenvalue weighted by molar-refractivity contribution is 5.93. The Hall–Kier alpha value is -2.68.